The molecule has 3 rings (SSSR count). The number of amides is 3. The molecule has 0 saturated heterocycles. The van der Waals surface area contributed by atoms with Crippen LogP contribution in [0, 0.1) is 0 Å². The molecule has 0 unspecified atom stereocenters. The lowest BCUT2D eigenvalue weighted by molar-refractivity contribution is -0.130. The largest absolute Gasteiger partial charge is 0.343 e. The molecule has 0 radical (unpaired) electrons. The number of hydrogen-bond acceptors (Lipinski definition) is 4. The molecular formula is C20H21N3O3S. The molecule has 2 N–H and O–H groups in total. The van der Waals surface area contributed by atoms with E-state index in [4.69, 9.17) is 0 Å². The number of anilines is 1. The van der Waals surface area contributed by atoms with Crippen LogP contribution in [0.1, 0.15) is 22.8 Å². The zero-order valence-corrected chi connectivity index (χ0v) is 15.8. The van der Waals surface area contributed by atoms with E-state index in [1.807, 2.05) is 43.3 Å². The number of nitrogens with one attached hydrogen (secondary N) is 2. The smallest absolute Gasteiger partial charge is 0.251 e. The minimum atomic E-state index is -0.341. The number of carbonyl (C=O) groups excluding carboxylic acids is 3. The van der Waals surface area contributed by atoms with Crippen LogP contribution in [0.4, 0.5) is 5.69 Å². The summed E-state index contributed by atoms with van der Waals surface area (Å²) >= 11 is 1.44. The predicted octanol–water partition coefficient (Wildman–Crippen LogP) is 2.51. The summed E-state index contributed by atoms with van der Waals surface area (Å²) in [4.78, 5) is 38.9. The number of likely N-dealkylation sites (N-methyl/N-ethyl adjacent to an activating group) is 1. The highest BCUT2D eigenvalue weighted by molar-refractivity contribution is 8.00. The van der Waals surface area contributed by atoms with Crippen molar-refractivity contribution in [1.82, 2.24) is 10.2 Å². The van der Waals surface area contributed by atoms with E-state index in [-0.39, 0.29) is 24.3 Å². The molecule has 2 aromatic carbocycles. The van der Waals surface area contributed by atoms with Crippen molar-refractivity contribution in [2.45, 2.75) is 18.4 Å². The molecule has 0 fully saturated rings. The van der Waals surface area contributed by atoms with Gasteiger partial charge in [-0.25, -0.2) is 0 Å². The normalized spacial score (nSPS) is 12.7. The summed E-state index contributed by atoms with van der Waals surface area (Å²) in [5.74, 6) is -0.190. The summed E-state index contributed by atoms with van der Waals surface area (Å²) in [5, 5.41) is 5.43. The summed E-state index contributed by atoms with van der Waals surface area (Å²) in [6.07, 6.45) is 0. The minimum Gasteiger partial charge on any atom is -0.343 e. The van der Waals surface area contributed by atoms with Crippen LogP contribution in [0.5, 0.6) is 0 Å². The maximum Gasteiger partial charge on any atom is 0.251 e. The monoisotopic (exact) mass is 383 g/mol. The van der Waals surface area contributed by atoms with Gasteiger partial charge >= 0.3 is 0 Å². The van der Waals surface area contributed by atoms with Crippen molar-refractivity contribution in [3.8, 4) is 0 Å². The molecule has 0 atom stereocenters. The topological polar surface area (TPSA) is 78.5 Å². The third kappa shape index (κ3) is 4.89. The molecule has 2 aromatic rings. The number of hydrogen-bond donors (Lipinski definition) is 2. The molecule has 140 valence electrons. The second kappa shape index (κ2) is 8.73. The van der Waals surface area contributed by atoms with Gasteiger partial charge in [-0.1, -0.05) is 30.3 Å². The van der Waals surface area contributed by atoms with Gasteiger partial charge in [-0.05, 0) is 30.7 Å². The summed E-state index contributed by atoms with van der Waals surface area (Å²) in [7, 11) is 0. The molecule has 7 heteroatoms. The van der Waals surface area contributed by atoms with E-state index in [0.717, 1.165) is 10.5 Å². The van der Waals surface area contributed by atoms with Gasteiger partial charge in [0, 0.05) is 23.5 Å². The Morgan fingerprint density at radius 2 is 1.96 bits per heavy atom. The van der Waals surface area contributed by atoms with Gasteiger partial charge in [0.15, 0.2) is 0 Å². The van der Waals surface area contributed by atoms with Gasteiger partial charge in [0.2, 0.25) is 11.8 Å². The first-order chi connectivity index (χ1) is 13.1. The maximum atomic E-state index is 12.4. The van der Waals surface area contributed by atoms with E-state index in [0.29, 0.717) is 30.1 Å². The molecule has 3 amide bonds. The first-order valence-corrected chi connectivity index (χ1v) is 9.72. The van der Waals surface area contributed by atoms with Gasteiger partial charge < -0.3 is 15.5 Å². The molecule has 0 aromatic heterocycles. The second-order valence-corrected chi connectivity index (χ2v) is 7.14. The highest BCUT2D eigenvalue weighted by Gasteiger charge is 2.18. The quantitative estimate of drug-likeness (QED) is 0.803. The number of nitrogens with zero attached hydrogens (tertiary/aromatic N) is 1. The summed E-state index contributed by atoms with van der Waals surface area (Å²) in [5.41, 5.74) is 2.09. The van der Waals surface area contributed by atoms with Gasteiger partial charge in [-0.3, -0.25) is 14.4 Å². The molecule has 0 bridgehead atoms. The summed E-state index contributed by atoms with van der Waals surface area (Å²) in [6.45, 7) is 2.91. The zero-order chi connectivity index (χ0) is 19.2. The van der Waals surface area contributed by atoms with Crippen molar-refractivity contribution in [3.05, 3.63) is 59.7 Å². The summed E-state index contributed by atoms with van der Waals surface area (Å²) < 4.78 is 0. The molecule has 6 nitrogen and oxygen atoms in total. The first-order valence-electron chi connectivity index (χ1n) is 8.73. The van der Waals surface area contributed by atoms with Gasteiger partial charge in [0.25, 0.3) is 5.91 Å². The zero-order valence-electron chi connectivity index (χ0n) is 15.0. The van der Waals surface area contributed by atoms with Crippen LogP contribution in [0.3, 0.4) is 0 Å². The minimum absolute atomic E-state index is 0.0717. The van der Waals surface area contributed by atoms with Crippen LogP contribution in [0.2, 0.25) is 0 Å². The highest BCUT2D eigenvalue weighted by Crippen LogP contribution is 2.31. The Morgan fingerprint density at radius 3 is 2.70 bits per heavy atom. The Morgan fingerprint density at radius 1 is 1.19 bits per heavy atom. The fourth-order valence-corrected chi connectivity index (χ4v) is 3.56. The third-order valence-electron chi connectivity index (χ3n) is 4.23. The number of rotatable bonds is 6. The fourth-order valence-electron chi connectivity index (χ4n) is 2.77. The SMILES string of the molecule is CCN(Cc1ccccc1)C(=O)CNC(=O)c1ccc2c(c1)NC(=O)CS2. The van der Waals surface area contributed by atoms with E-state index >= 15 is 0 Å². The molecule has 0 saturated carbocycles. The Hall–Kier alpha value is -2.80. The average molecular weight is 383 g/mol. The Labute approximate surface area is 162 Å². The average Bonchev–Trinajstić information content (AvgIpc) is 2.70. The lowest BCUT2D eigenvalue weighted by atomic mass is 10.2. The molecule has 0 aliphatic carbocycles. The second-order valence-electron chi connectivity index (χ2n) is 6.12. The Bertz CT molecular complexity index is 855. The lowest BCUT2D eigenvalue weighted by Gasteiger charge is -2.21. The number of fused-ring (bicyclic) bond motifs is 1. The van der Waals surface area contributed by atoms with Crippen molar-refractivity contribution in [1.29, 1.82) is 0 Å². The number of thioether (sulfide) groups is 1. The van der Waals surface area contributed by atoms with Gasteiger partial charge in [0.05, 0.1) is 18.0 Å². The van der Waals surface area contributed by atoms with Crippen molar-refractivity contribution in [3.63, 3.8) is 0 Å². The first kappa shape index (κ1) is 19.0. The molecular weight excluding hydrogens is 362 g/mol. The number of carbonyl (C=O) groups is 3. The van der Waals surface area contributed by atoms with Gasteiger partial charge in [0.1, 0.15) is 0 Å². The maximum absolute atomic E-state index is 12.4. The van der Waals surface area contributed by atoms with Crippen molar-refractivity contribution in [2.75, 3.05) is 24.2 Å². The van der Waals surface area contributed by atoms with Crippen molar-refractivity contribution >= 4 is 35.2 Å². The molecule has 27 heavy (non-hydrogen) atoms. The standard InChI is InChI=1S/C20H21N3O3S/c1-2-23(12-14-6-4-3-5-7-14)19(25)11-21-20(26)15-8-9-17-16(10-15)22-18(24)13-27-17/h3-10H,2,11-13H2,1H3,(H,21,26)(H,22,24). The molecule has 1 heterocycles. The van der Waals surface area contributed by atoms with Crippen LogP contribution < -0.4 is 10.6 Å². The Kier molecular flexibility index (Phi) is 6.13. The number of benzene rings is 2. The lowest BCUT2D eigenvalue weighted by Crippen LogP contribution is -2.39. The molecule has 1 aliphatic rings. The molecule has 0 spiro atoms. The fraction of sp³-hybridized carbons (Fsp3) is 0.250. The van der Waals surface area contributed by atoms with Gasteiger partial charge in [-0.15, -0.1) is 11.8 Å². The van der Waals surface area contributed by atoms with Crippen LogP contribution in [-0.4, -0.2) is 41.5 Å². The van der Waals surface area contributed by atoms with Crippen LogP contribution in [0.25, 0.3) is 0 Å². The van der Waals surface area contributed by atoms with E-state index < -0.39 is 0 Å². The van der Waals surface area contributed by atoms with Crippen molar-refractivity contribution < 1.29 is 14.4 Å². The third-order valence-corrected chi connectivity index (χ3v) is 5.30. The summed E-state index contributed by atoms with van der Waals surface area (Å²) in [6, 6.07) is 14.9. The predicted molar refractivity (Wildman–Crippen MR) is 106 cm³/mol. The van der Waals surface area contributed by atoms with Crippen molar-refractivity contribution in [2.24, 2.45) is 0 Å². The van der Waals surface area contributed by atoms with E-state index in [9.17, 15) is 14.4 Å². The highest BCUT2D eigenvalue weighted by atomic mass is 32.2. The van der Waals surface area contributed by atoms with Gasteiger partial charge in [-0.2, -0.15) is 0 Å². The van der Waals surface area contributed by atoms with Crippen LogP contribution in [0.15, 0.2) is 53.4 Å². The van der Waals surface area contributed by atoms with Crippen LogP contribution in [-0.2, 0) is 16.1 Å². The Balaban J connectivity index is 1.58. The van der Waals surface area contributed by atoms with E-state index in [1.165, 1.54) is 11.8 Å². The van der Waals surface area contributed by atoms with E-state index in [1.54, 1.807) is 17.0 Å². The van der Waals surface area contributed by atoms with E-state index in [2.05, 4.69) is 10.6 Å². The molecule has 1 aliphatic heterocycles. The van der Waals surface area contributed by atoms with Crippen LogP contribution >= 0.6 is 11.8 Å².